The molecule has 1 saturated carbocycles. The molecule has 1 aromatic rings. The van der Waals surface area contributed by atoms with E-state index in [-0.39, 0.29) is 5.78 Å². The fraction of sp³-hybridized carbons (Fsp3) is 0.588. The third kappa shape index (κ3) is 3.37. The second-order valence-corrected chi connectivity index (χ2v) is 6.61. The number of rotatable bonds is 3. The maximum atomic E-state index is 11.3. The van der Waals surface area contributed by atoms with Gasteiger partial charge in [-0.15, -0.1) is 0 Å². The normalized spacial score (nSPS) is 19.2. The van der Waals surface area contributed by atoms with Crippen LogP contribution in [0.4, 0.5) is 5.69 Å². The van der Waals surface area contributed by atoms with Crippen molar-refractivity contribution in [3.63, 3.8) is 0 Å². The summed E-state index contributed by atoms with van der Waals surface area (Å²) in [5.41, 5.74) is 2.52. The van der Waals surface area contributed by atoms with Gasteiger partial charge in [-0.3, -0.25) is 4.79 Å². The fourth-order valence-corrected chi connectivity index (χ4v) is 2.91. The first-order chi connectivity index (χ1) is 8.89. The molecule has 1 fully saturated rings. The van der Waals surface area contributed by atoms with Gasteiger partial charge in [-0.25, -0.2) is 0 Å². The van der Waals surface area contributed by atoms with Crippen molar-refractivity contribution in [1.29, 1.82) is 0 Å². The molecule has 2 nitrogen and oxygen atoms in total. The summed E-state index contributed by atoms with van der Waals surface area (Å²) < 4.78 is 0. The van der Waals surface area contributed by atoms with E-state index in [1.807, 2.05) is 12.1 Å². The van der Waals surface area contributed by atoms with Crippen molar-refractivity contribution in [3.05, 3.63) is 29.8 Å². The highest BCUT2D eigenvalue weighted by atomic mass is 16.1. The Morgan fingerprint density at radius 2 is 1.68 bits per heavy atom. The molecule has 0 aromatic heterocycles. The smallest absolute Gasteiger partial charge is 0.159 e. The summed E-state index contributed by atoms with van der Waals surface area (Å²) in [6, 6.07) is 8.63. The molecule has 0 amide bonds. The second kappa shape index (κ2) is 5.36. The molecule has 104 valence electrons. The van der Waals surface area contributed by atoms with Gasteiger partial charge in [0.1, 0.15) is 0 Å². The summed E-state index contributed by atoms with van der Waals surface area (Å²) >= 11 is 0. The number of hydrogen-bond donors (Lipinski definition) is 0. The number of Topliss-reactive ketones (excluding diaryl/α,β-unsaturated/α-hetero) is 1. The van der Waals surface area contributed by atoms with Crippen LogP contribution in [0.15, 0.2) is 24.3 Å². The molecular formula is C17H25NO. The van der Waals surface area contributed by atoms with Crippen molar-refractivity contribution in [2.75, 3.05) is 11.9 Å². The number of carbonyl (C=O) groups excluding carboxylic acids is 1. The van der Waals surface area contributed by atoms with Crippen LogP contribution in [0.2, 0.25) is 0 Å². The number of ketones is 1. The fourth-order valence-electron chi connectivity index (χ4n) is 2.91. The summed E-state index contributed by atoms with van der Waals surface area (Å²) in [6.07, 6.45) is 5.12. The highest BCUT2D eigenvalue weighted by Gasteiger charge is 2.28. The van der Waals surface area contributed by atoms with Crippen LogP contribution >= 0.6 is 0 Å². The van der Waals surface area contributed by atoms with E-state index < -0.39 is 0 Å². The molecule has 1 aliphatic carbocycles. The van der Waals surface area contributed by atoms with E-state index in [4.69, 9.17) is 0 Å². The zero-order valence-electron chi connectivity index (χ0n) is 12.6. The highest BCUT2D eigenvalue weighted by molar-refractivity contribution is 5.94. The number of hydrogen-bond acceptors (Lipinski definition) is 2. The molecule has 0 aliphatic heterocycles. The molecule has 0 radical (unpaired) electrons. The molecule has 0 spiro atoms. The average molecular weight is 259 g/mol. The van der Waals surface area contributed by atoms with Gasteiger partial charge in [0.25, 0.3) is 0 Å². The topological polar surface area (TPSA) is 20.3 Å². The molecular weight excluding hydrogens is 234 g/mol. The van der Waals surface area contributed by atoms with Gasteiger partial charge in [-0.1, -0.05) is 13.8 Å². The Labute approximate surface area is 116 Å². The van der Waals surface area contributed by atoms with Gasteiger partial charge in [0.2, 0.25) is 0 Å². The van der Waals surface area contributed by atoms with Crippen molar-refractivity contribution in [2.24, 2.45) is 5.41 Å². The maximum absolute atomic E-state index is 11.3. The minimum absolute atomic E-state index is 0.133. The van der Waals surface area contributed by atoms with Crippen molar-refractivity contribution in [2.45, 2.75) is 52.5 Å². The summed E-state index contributed by atoms with van der Waals surface area (Å²) in [5, 5.41) is 0. The van der Waals surface area contributed by atoms with Crippen LogP contribution in [-0.2, 0) is 0 Å². The van der Waals surface area contributed by atoms with Crippen molar-refractivity contribution >= 4 is 11.5 Å². The lowest BCUT2D eigenvalue weighted by molar-refractivity contribution is 0.101. The first kappa shape index (κ1) is 14.1. The van der Waals surface area contributed by atoms with Crippen LogP contribution < -0.4 is 4.90 Å². The summed E-state index contributed by atoms with van der Waals surface area (Å²) in [6.45, 7) is 6.34. The Morgan fingerprint density at radius 1 is 1.16 bits per heavy atom. The first-order valence-electron chi connectivity index (χ1n) is 7.23. The van der Waals surface area contributed by atoms with Gasteiger partial charge in [0.05, 0.1) is 0 Å². The predicted octanol–water partition coefficient (Wildman–Crippen LogP) is 4.29. The average Bonchev–Trinajstić information content (AvgIpc) is 2.38. The molecule has 2 heteroatoms. The summed E-state index contributed by atoms with van der Waals surface area (Å²) in [5.74, 6) is 0.133. The van der Waals surface area contributed by atoms with E-state index in [9.17, 15) is 4.79 Å². The molecule has 0 N–H and O–H groups in total. The Kier molecular flexibility index (Phi) is 3.98. The molecule has 0 heterocycles. The standard InChI is InChI=1S/C17H25NO/c1-13(19)14-5-7-15(8-6-14)18(4)16-9-11-17(2,3)12-10-16/h5-8,16H,9-12H2,1-4H3. The van der Waals surface area contributed by atoms with Crippen LogP contribution in [-0.4, -0.2) is 18.9 Å². The Balaban J connectivity index is 2.03. The van der Waals surface area contributed by atoms with Gasteiger partial charge >= 0.3 is 0 Å². The molecule has 0 unspecified atom stereocenters. The van der Waals surface area contributed by atoms with Crippen LogP contribution in [0.3, 0.4) is 0 Å². The minimum atomic E-state index is 0.133. The van der Waals surface area contributed by atoms with Gasteiger partial charge in [0.15, 0.2) is 5.78 Å². The Hall–Kier alpha value is -1.31. The van der Waals surface area contributed by atoms with Gasteiger partial charge in [-0.2, -0.15) is 0 Å². The predicted molar refractivity (Wildman–Crippen MR) is 80.9 cm³/mol. The first-order valence-corrected chi connectivity index (χ1v) is 7.23. The summed E-state index contributed by atoms with van der Waals surface area (Å²) in [7, 11) is 2.17. The van der Waals surface area contributed by atoms with Crippen LogP contribution in [0.5, 0.6) is 0 Å². The lowest BCUT2D eigenvalue weighted by Gasteiger charge is -2.39. The van der Waals surface area contributed by atoms with E-state index in [2.05, 4.69) is 37.9 Å². The summed E-state index contributed by atoms with van der Waals surface area (Å²) in [4.78, 5) is 13.7. The highest BCUT2D eigenvalue weighted by Crippen LogP contribution is 2.37. The van der Waals surface area contributed by atoms with Gasteiger partial charge < -0.3 is 4.90 Å². The van der Waals surface area contributed by atoms with Gasteiger partial charge in [-0.05, 0) is 62.3 Å². The zero-order valence-corrected chi connectivity index (χ0v) is 12.6. The SMILES string of the molecule is CC(=O)c1ccc(N(C)C2CCC(C)(C)CC2)cc1. The van der Waals surface area contributed by atoms with Crippen molar-refractivity contribution in [1.82, 2.24) is 0 Å². The number of benzene rings is 1. The Morgan fingerprint density at radius 3 is 2.16 bits per heavy atom. The number of carbonyl (C=O) groups is 1. The third-order valence-electron chi connectivity index (χ3n) is 4.54. The third-order valence-corrected chi connectivity index (χ3v) is 4.54. The second-order valence-electron chi connectivity index (χ2n) is 6.61. The van der Waals surface area contributed by atoms with Crippen LogP contribution in [0, 0.1) is 5.41 Å². The minimum Gasteiger partial charge on any atom is -0.372 e. The molecule has 2 rings (SSSR count). The molecule has 0 saturated heterocycles. The van der Waals surface area contributed by atoms with Crippen LogP contribution in [0.25, 0.3) is 0 Å². The van der Waals surface area contributed by atoms with E-state index in [0.717, 1.165) is 5.56 Å². The van der Waals surface area contributed by atoms with E-state index in [1.54, 1.807) is 6.92 Å². The largest absolute Gasteiger partial charge is 0.372 e. The molecule has 1 aromatic carbocycles. The van der Waals surface area contributed by atoms with Crippen molar-refractivity contribution < 1.29 is 4.79 Å². The zero-order chi connectivity index (χ0) is 14.0. The van der Waals surface area contributed by atoms with Crippen LogP contribution in [0.1, 0.15) is 56.8 Å². The number of anilines is 1. The molecule has 0 atom stereocenters. The quantitative estimate of drug-likeness (QED) is 0.755. The lowest BCUT2D eigenvalue weighted by atomic mass is 9.75. The Bertz CT molecular complexity index is 437. The van der Waals surface area contributed by atoms with E-state index >= 15 is 0 Å². The maximum Gasteiger partial charge on any atom is 0.159 e. The van der Waals surface area contributed by atoms with E-state index in [1.165, 1.54) is 31.4 Å². The monoisotopic (exact) mass is 259 g/mol. The molecule has 19 heavy (non-hydrogen) atoms. The molecule has 1 aliphatic rings. The lowest BCUT2D eigenvalue weighted by Crippen LogP contribution is -2.37. The van der Waals surface area contributed by atoms with E-state index in [0.29, 0.717) is 11.5 Å². The van der Waals surface area contributed by atoms with Crippen molar-refractivity contribution in [3.8, 4) is 0 Å². The number of nitrogens with zero attached hydrogens (tertiary/aromatic N) is 1. The molecule has 0 bridgehead atoms. The van der Waals surface area contributed by atoms with Gasteiger partial charge in [0, 0.05) is 24.3 Å².